The van der Waals surface area contributed by atoms with Crippen molar-refractivity contribution in [2.75, 3.05) is 0 Å². The summed E-state index contributed by atoms with van der Waals surface area (Å²) in [4.78, 5) is 0. The van der Waals surface area contributed by atoms with Crippen LogP contribution in [-0.2, 0) is 10.3 Å². The van der Waals surface area contributed by atoms with E-state index in [0.29, 0.717) is 12.0 Å². The second-order valence-electron chi connectivity index (χ2n) is 7.85. The molecule has 0 amide bonds. The maximum Gasteiger partial charge on any atom is 0.0976 e. The predicted molar refractivity (Wildman–Crippen MR) is 88.6 cm³/mol. The minimum absolute atomic E-state index is 0.111. The van der Waals surface area contributed by atoms with Gasteiger partial charge in [-0.05, 0) is 43.0 Å². The van der Waals surface area contributed by atoms with E-state index in [-0.39, 0.29) is 5.60 Å². The predicted octanol–water partition coefficient (Wildman–Crippen LogP) is 5.06. The molecule has 0 spiro atoms. The van der Waals surface area contributed by atoms with Crippen LogP contribution < -0.4 is 0 Å². The lowest BCUT2D eigenvalue weighted by Gasteiger charge is -2.36. The Morgan fingerprint density at radius 3 is 2.65 bits per heavy atom. The first-order valence-electron chi connectivity index (χ1n) is 7.76. The van der Waals surface area contributed by atoms with Crippen molar-refractivity contribution in [3.05, 3.63) is 41.5 Å². The lowest BCUT2D eigenvalue weighted by atomic mass is 9.74. The molecule has 2 heteroatoms. The van der Waals surface area contributed by atoms with Gasteiger partial charge in [0.05, 0.1) is 11.7 Å². The van der Waals surface area contributed by atoms with Gasteiger partial charge in [-0.25, -0.2) is 0 Å². The summed E-state index contributed by atoms with van der Waals surface area (Å²) in [6.07, 6.45) is 4.07. The summed E-state index contributed by atoms with van der Waals surface area (Å²) < 4.78 is 6.59. The molecule has 0 aromatic heterocycles. The van der Waals surface area contributed by atoms with Gasteiger partial charge in [0.15, 0.2) is 0 Å². The van der Waals surface area contributed by atoms with Crippen LogP contribution >= 0.6 is 0 Å². The Morgan fingerprint density at radius 1 is 1.25 bits per heavy atom. The van der Waals surface area contributed by atoms with E-state index in [9.17, 15) is 0 Å². The van der Waals surface area contributed by atoms with Crippen molar-refractivity contribution < 1.29 is 4.74 Å². The molecule has 1 aliphatic carbocycles. The summed E-state index contributed by atoms with van der Waals surface area (Å²) in [6.45, 7) is 11.9. The average molecular weight is 286 g/mol. The molecule has 0 unspecified atom stereocenters. The minimum Gasteiger partial charge on any atom is -0.367 e. The molecular formula is C18H26OSi. The van der Waals surface area contributed by atoms with Crippen LogP contribution in [0, 0.1) is 5.92 Å². The monoisotopic (exact) mass is 286 g/mol. The van der Waals surface area contributed by atoms with Gasteiger partial charge < -0.3 is 4.74 Å². The standard InChI is InChI=1S/C18H26OSi/c1-13-10-14-11-15(12-20(3,4)5)19-18(14,2)17-9-7-6-8-16(13)17/h6-10,14-15H,11-12H2,1-5H3/t14-,15-,18+/m0/s1. The summed E-state index contributed by atoms with van der Waals surface area (Å²) in [6, 6.07) is 10.0. The topological polar surface area (TPSA) is 9.23 Å². The second kappa shape index (κ2) is 4.57. The Balaban J connectivity index is 1.96. The Labute approximate surface area is 124 Å². The number of allylic oxidation sites excluding steroid dienone is 1. The first kappa shape index (κ1) is 14.1. The number of ether oxygens (including phenoxy) is 1. The first-order chi connectivity index (χ1) is 9.29. The number of fused-ring (bicyclic) bond motifs is 3. The third-order valence-corrected chi connectivity index (χ3v) is 6.49. The second-order valence-corrected chi connectivity index (χ2v) is 13.4. The Morgan fingerprint density at radius 2 is 1.95 bits per heavy atom. The van der Waals surface area contributed by atoms with Crippen molar-refractivity contribution in [1.29, 1.82) is 0 Å². The number of hydrogen-bond donors (Lipinski definition) is 0. The van der Waals surface area contributed by atoms with E-state index in [1.165, 1.54) is 29.2 Å². The molecule has 3 rings (SSSR count). The van der Waals surface area contributed by atoms with Gasteiger partial charge in [-0.2, -0.15) is 0 Å². The van der Waals surface area contributed by atoms with Crippen molar-refractivity contribution in [3.63, 3.8) is 0 Å². The largest absolute Gasteiger partial charge is 0.367 e. The van der Waals surface area contributed by atoms with Gasteiger partial charge >= 0.3 is 0 Å². The molecule has 1 aromatic carbocycles. The maximum absolute atomic E-state index is 6.59. The van der Waals surface area contributed by atoms with E-state index in [1.54, 1.807) is 0 Å². The van der Waals surface area contributed by atoms with Crippen LogP contribution in [0.5, 0.6) is 0 Å². The van der Waals surface area contributed by atoms with Crippen molar-refractivity contribution in [2.45, 2.75) is 57.7 Å². The smallest absolute Gasteiger partial charge is 0.0976 e. The van der Waals surface area contributed by atoms with Crippen LogP contribution in [-0.4, -0.2) is 14.2 Å². The zero-order valence-electron chi connectivity index (χ0n) is 13.4. The highest BCUT2D eigenvalue weighted by Crippen LogP contribution is 2.51. The van der Waals surface area contributed by atoms with Crippen LogP contribution in [0.25, 0.3) is 5.57 Å². The van der Waals surface area contributed by atoms with Crippen LogP contribution in [0.4, 0.5) is 0 Å². The van der Waals surface area contributed by atoms with Gasteiger partial charge in [0.2, 0.25) is 0 Å². The van der Waals surface area contributed by atoms with E-state index >= 15 is 0 Å². The van der Waals surface area contributed by atoms with Crippen molar-refractivity contribution in [2.24, 2.45) is 5.92 Å². The quantitative estimate of drug-likeness (QED) is 0.690. The van der Waals surface area contributed by atoms with Crippen molar-refractivity contribution >= 4 is 13.6 Å². The van der Waals surface area contributed by atoms with Gasteiger partial charge in [-0.3, -0.25) is 0 Å². The van der Waals surface area contributed by atoms with Gasteiger partial charge in [0.25, 0.3) is 0 Å². The molecule has 2 aliphatic rings. The molecule has 1 heterocycles. The summed E-state index contributed by atoms with van der Waals surface area (Å²) in [5.74, 6) is 0.541. The van der Waals surface area contributed by atoms with E-state index in [1.807, 2.05) is 0 Å². The minimum atomic E-state index is -1.07. The third-order valence-electron chi connectivity index (χ3n) is 4.81. The molecule has 1 aromatic rings. The summed E-state index contributed by atoms with van der Waals surface area (Å²) in [5, 5.41) is 0. The first-order valence-corrected chi connectivity index (χ1v) is 11.5. The number of hydrogen-bond acceptors (Lipinski definition) is 1. The molecular weight excluding hydrogens is 260 g/mol. The molecule has 1 nitrogen and oxygen atoms in total. The van der Waals surface area contributed by atoms with Crippen molar-refractivity contribution in [1.82, 2.24) is 0 Å². The van der Waals surface area contributed by atoms with Gasteiger partial charge in [-0.15, -0.1) is 0 Å². The Hall–Kier alpha value is -0.863. The van der Waals surface area contributed by atoms with Crippen molar-refractivity contribution in [3.8, 4) is 0 Å². The molecule has 0 bridgehead atoms. The van der Waals surface area contributed by atoms with Crippen LogP contribution in [0.15, 0.2) is 30.3 Å². The molecule has 108 valence electrons. The van der Waals surface area contributed by atoms with Gasteiger partial charge in [-0.1, -0.05) is 50.0 Å². The molecule has 0 radical (unpaired) electrons. The maximum atomic E-state index is 6.59. The number of rotatable bonds is 2. The van der Waals surface area contributed by atoms with E-state index < -0.39 is 8.07 Å². The normalized spacial score (nSPS) is 32.5. The van der Waals surface area contributed by atoms with E-state index in [2.05, 4.69) is 63.8 Å². The molecule has 0 saturated carbocycles. The fourth-order valence-electron chi connectivity index (χ4n) is 3.94. The molecule has 0 N–H and O–H groups in total. The van der Waals surface area contributed by atoms with E-state index in [4.69, 9.17) is 4.74 Å². The molecule has 1 fully saturated rings. The summed E-state index contributed by atoms with van der Waals surface area (Å²) in [7, 11) is -1.07. The zero-order valence-corrected chi connectivity index (χ0v) is 14.4. The SMILES string of the molecule is CC1=C[C@H]2C[C@@H](C[Si](C)(C)C)O[C@@]2(C)c2ccccc21. The lowest BCUT2D eigenvalue weighted by molar-refractivity contribution is -0.0376. The molecule has 1 aliphatic heterocycles. The highest BCUT2D eigenvalue weighted by atomic mass is 28.3. The summed E-state index contributed by atoms with van der Waals surface area (Å²) >= 11 is 0. The third kappa shape index (κ3) is 2.29. The van der Waals surface area contributed by atoms with Crippen LogP contribution in [0.3, 0.4) is 0 Å². The van der Waals surface area contributed by atoms with E-state index in [0.717, 1.165) is 0 Å². The fraction of sp³-hybridized carbons (Fsp3) is 0.556. The summed E-state index contributed by atoms with van der Waals surface area (Å²) in [5.41, 5.74) is 4.07. The fourth-order valence-corrected chi connectivity index (χ4v) is 5.56. The zero-order chi connectivity index (χ0) is 14.5. The Bertz CT molecular complexity index is 555. The van der Waals surface area contributed by atoms with Crippen LogP contribution in [0.2, 0.25) is 25.7 Å². The number of benzene rings is 1. The average Bonchev–Trinajstić information content (AvgIpc) is 2.64. The van der Waals surface area contributed by atoms with Gasteiger partial charge in [0, 0.05) is 14.0 Å². The van der Waals surface area contributed by atoms with Gasteiger partial charge in [0.1, 0.15) is 0 Å². The van der Waals surface area contributed by atoms with Crippen LogP contribution in [0.1, 0.15) is 31.4 Å². The molecule has 3 atom stereocenters. The Kier molecular flexibility index (Phi) is 3.22. The highest BCUT2D eigenvalue weighted by molar-refractivity contribution is 6.76. The molecule has 20 heavy (non-hydrogen) atoms. The molecule has 1 saturated heterocycles. The lowest BCUT2D eigenvalue weighted by Crippen LogP contribution is -2.33. The highest BCUT2D eigenvalue weighted by Gasteiger charge is 2.48.